The van der Waals surface area contributed by atoms with Crippen LogP contribution in [0.25, 0.3) is 0 Å². The molecule has 0 bridgehead atoms. The van der Waals surface area contributed by atoms with E-state index in [0.29, 0.717) is 19.0 Å². The molecule has 0 spiro atoms. The molecule has 8 heteroatoms. The average molecular weight is 352 g/mol. The molecule has 2 heterocycles. The molecule has 0 aromatic carbocycles. The summed E-state index contributed by atoms with van der Waals surface area (Å²) in [6, 6.07) is 0.00726. The fourth-order valence-corrected chi connectivity index (χ4v) is 5.33. The lowest BCUT2D eigenvalue weighted by Crippen LogP contribution is -2.41. The number of hydrogen-bond acceptors (Lipinski definition) is 5. The first-order valence-electron chi connectivity index (χ1n) is 8.54. The summed E-state index contributed by atoms with van der Waals surface area (Å²) in [5.74, 6) is -0.115. The fourth-order valence-electron chi connectivity index (χ4n) is 3.60. The van der Waals surface area contributed by atoms with E-state index in [1.165, 1.54) is 19.3 Å². The van der Waals surface area contributed by atoms with Crippen molar-refractivity contribution in [2.45, 2.75) is 50.6 Å². The molecule has 1 saturated heterocycles. The number of rotatable bonds is 5. The van der Waals surface area contributed by atoms with Crippen LogP contribution in [0.1, 0.15) is 55.1 Å². The van der Waals surface area contributed by atoms with Gasteiger partial charge in [0.25, 0.3) is 5.91 Å². The fraction of sp³-hybridized carbons (Fsp3) is 0.688. The summed E-state index contributed by atoms with van der Waals surface area (Å²) in [7, 11) is -3.06. The van der Waals surface area contributed by atoms with E-state index in [2.05, 4.69) is 16.9 Å². The van der Waals surface area contributed by atoms with Crippen LogP contribution in [0.2, 0.25) is 0 Å². The SMILES string of the molecule is C=CCN(C(=O)c1cn(C2CCCCC2)nn1)C1CCS(=O)(=O)C1. The minimum absolute atomic E-state index is 0.0172. The highest BCUT2D eigenvalue weighted by Gasteiger charge is 2.35. The standard InChI is InChI=1S/C16H24N4O3S/c1-2-9-19(14-8-10-24(22,23)12-14)16(21)15-11-20(18-17-15)13-6-4-3-5-7-13/h2,11,13-14H,1,3-10,12H2. The summed E-state index contributed by atoms with van der Waals surface area (Å²) in [6.45, 7) is 3.99. The monoisotopic (exact) mass is 352 g/mol. The van der Waals surface area contributed by atoms with Crippen molar-refractivity contribution in [2.75, 3.05) is 18.1 Å². The van der Waals surface area contributed by atoms with E-state index >= 15 is 0 Å². The normalized spacial score (nSPS) is 23.9. The van der Waals surface area contributed by atoms with Gasteiger partial charge in [0, 0.05) is 12.6 Å². The molecule has 1 saturated carbocycles. The van der Waals surface area contributed by atoms with Gasteiger partial charge in [-0.3, -0.25) is 4.79 Å². The first kappa shape index (κ1) is 17.1. The third-order valence-electron chi connectivity index (χ3n) is 4.91. The number of amides is 1. The maximum absolute atomic E-state index is 12.8. The Morgan fingerprint density at radius 1 is 1.33 bits per heavy atom. The van der Waals surface area contributed by atoms with Crippen molar-refractivity contribution in [3.05, 3.63) is 24.5 Å². The van der Waals surface area contributed by atoms with Gasteiger partial charge in [-0.05, 0) is 19.3 Å². The van der Waals surface area contributed by atoms with Gasteiger partial charge in [-0.15, -0.1) is 11.7 Å². The lowest BCUT2D eigenvalue weighted by Gasteiger charge is -2.26. The van der Waals surface area contributed by atoms with Crippen molar-refractivity contribution >= 4 is 15.7 Å². The van der Waals surface area contributed by atoms with E-state index in [0.717, 1.165) is 12.8 Å². The molecule has 24 heavy (non-hydrogen) atoms. The minimum atomic E-state index is -3.06. The zero-order valence-electron chi connectivity index (χ0n) is 13.8. The second kappa shape index (κ2) is 7.04. The quantitative estimate of drug-likeness (QED) is 0.752. The maximum Gasteiger partial charge on any atom is 0.276 e. The van der Waals surface area contributed by atoms with Crippen molar-refractivity contribution in [1.29, 1.82) is 0 Å². The van der Waals surface area contributed by atoms with Gasteiger partial charge in [0.05, 0.1) is 23.7 Å². The number of sulfone groups is 1. The van der Waals surface area contributed by atoms with Crippen molar-refractivity contribution in [3.63, 3.8) is 0 Å². The highest BCUT2D eigenvalue weighted by Crippen LogP contribution is 2.27. The Kier molecular flexibility index (Phi) is 5.03. The predicted octanol–water partition coefficient (Wildman–Crippen LogP) is 1.60. The third kappa shape index (κ3) is 3.68. The number of nitrogens with zero attached hydrogens (tertiary/aromatic N) is 4. The number of carbonyl (C=O) groups is 1. The van der Waals surface area contributed by atoms with Gasteiger partial charge in [0.2, 0.25) is 0 Å². The van der Waals surface area contributed by atoms with E-state index in [9.17, 15) is 13.2 Å². The lowest BCUT2D eigenvalue weighted by atomic mass is 9.96. The zero-order chi connectivity index (χ0) is 17.2. The molecule has 0 N–H and O–H groups in total. The molecule has 2 aliphatic rings. The maximum atomic E-state index is 12.8. The summed E-state index contributed by atoms with van der Waals surface area (Å²) in [5, 5.41) is 8.17. The van der Waals surface area contributed by atoms with Crippen molar-refractivity contribution < 1.29 is 13.2 Å². The highest BCUT2D eigenvalue weighted by atomic mass is 32.2. The van der Waals surface area contributed by atoms with Crippen LogP contribution in [-0.2, 0) is 9.84 Å². The van der Waals surface area contributed by atoms with Crippen LogP contribution in [-0.4, -0.2) is 58.3 Å². The smallest absolute Gasteiger partial charge is 0.276 e. The molecule has 1 unspecified atom stereocenters. The first-order chi connectivity index (χ1) is 11.5. The number of hydrogen-bond donors (Lipinski definition) is 0. The van der Waals surface area contributed by atoms with Crippen LogP contribution in [0.5, 0.6) is 0 Å². The molecule has 2 fully saturated rings. The largest absolute Gasteiger partial charge is 0.329 e. The van der Waals surface area contributed by atoms with Crippen LogP contribution >= 0.6 is 0 Å². The Bertz CT molecular complexity index is 707. The summed E-state index contributed by atoms with van der Waals surface area (Å²) in [5.41, 5.74) is 0.284. The van der Waals surface area contributed by atoms with E-state index < -0.39 is 9.84 Å². The zero-order valence-corrected chi connectivity index (χ0v) is 14.6. The second-order valence-corrected chi connectivity index (χ2v) is 8.91. The molecule has 0 radical (unpaired) electrons. The van der Waals surface area contributed by atoms with Gasteiger partial charge in [-0.2, -0.15) is 0 Å². The highest BCUT2D eigenvalue weighted by molar-refractivity contribution is 7.91. The molecule has 3 rings (SSSR count). The average Bonchev–Trinajstić information content (AvgIpc) is 3.19. The Morgan fingerprint density at radius 3 is 2.71 bits per heavy atom. The van der Waals surface area contributed by atoms with Gasteiger partial charge < -0.3 is 4.90 Å². The molecule has 1 atom stereocenters. The molecule has 132 valence electrons. The molecule has 1 aliphatic carbocycles. The van der Waals surface area contributed by atoms with Crippen molar-refractivity contribution in [1.82, 2.24) is 19.9 Å². The van der Waals surface area contributed by atoms with Gasteiger partial charge in [-0.1, -0.05) is 30.6 Å². The molecular formula is C16H24N4O3S. The van der Waals surface area contributed by atoms with Crippen molar-refractivity contribution in [2.24, 2.45) is 0 Å². The molecule has 1 amide bonds. The summed E-state index contributed by atoms with van der Waals surface area (Å²) in [6.07, 6.45) is 9.53. The summed E-state index contributed by atoms with van der Waals surface area (Å²) >= 11 is 0. The Hall–Kier alpha value is -1.70. The van der Waals surface area contributed by atoms with E-state index in [1.54, 1.807) is 21.9 Å². The number of aromatic nitrogens is 3. The van der Waals surface area contributed by atoms with Gasteiger partial charge in [0.1, 0.15) is 0 Å². The van der Waals surface area contributed by atoms with Crippen LogP contribution in [0.4, 0.5) is 0 Å². The van der Waals surface area contributed by atoms with Crippen LogP contribution in [0.15, 0.2) is 18.9 Å². The first-order valence-corrected chi connectivity index (χ1v) is 10.4. The molecule has 1 aliphatic heterocycles. The topological polar surface area (TPSA) is 85.2 Å². The van der Waals surface area contributed by atoms with Gasteiger partial charge in [0.15, 0.2) is 15.5 Å². The molecule has 1 aromatic rings. The minimum Gasteiger partial charge on any atom is -0.329 e. The summed E-state index contributed by atoms with van der Waals surface area (Å²) in [4.78, 5) is 14.4. The van der Waals surface area contributed by atoms with Crippen LogP contribution < -0.4 is 0 Å². The lowest BCUT2D eigenvalue weighted by molar-refractivity contribution is 0.0714. The third-order valence-corrected chi connectivity index (χ3v) is 6.66. The predicted molar refractivity (Wildman–Crippen MR) is 90.4 cm³/mol. The van der Waals surface area contributed by atoms with Crippen LogP contribution in [0, 0.1) is 0 Å². The van der Waals surface area contributed by atoms with Gasteiger partial charge >= 0.3 is 0 Å². The number of carbonyl (C=O) groups excluding carboxylic acids is 1. The Morgan fingerprint density at radius 2 is 2.08 bits per heavy atom. The Balaban J connectivity index is 1.75. The van der Waals surface area contributed by atoms with Gasteiger partial charge in [-0.25, -0.2) is 13.1 Å². The van der Waals surface area contributed by atoms with E-state index in [1.807, 2.05) is 0 Å². The second-order valence-electron chi connectivity index (χ2n) is 6.68. The Labute approximate surface area is 142 Å². The summed E-state index contributed by atoms with van der Waals surface area (Å²) < 4.78 is 25.2. The van der Waals surface area contributed by atoms with E-state index in [4.69, 9.17) is 0 Å². The molecule has 1 aromatic heterocycles. The van der Waals surface area contributed by atoms with E-state index in [-0.39, 0.29) is 29.1 Å². The molecular weight excluding hydrogens is 328 g/mol. The van der Waals surface area contributed by atoms with Crippen molar-refractivity contribution in [3.8, 4) is 0 Å². The van der Waals surface area contributed by atoms with Crippen LogP contribution in [0.3, 0.4) is 0 Å². The molecule has 7 nitrogen and oxygen atoms in total.